The molecule has 7 nitrogen and oxygen atoms in total. The number of benzene rings is 1. The van der Waals surface area contributed by atoms with Crippen LogP contribution in [0.1, 0.15) is 33.7 Å². The minimum absolute atomic E-state index is 0.396. The highest BCUT2D eigenvalue weighted by Gasteiger charge is 2.24. The van der Waals surface area contributed by atoms with Crippen molar-refractivity contribution in [3.63, 3.8) is 0 Å². The highest BCUT2D eigenvalue weighted by atomic mass is 32.1. The number of ether oxygens (including phenoxy) is 1. The van der Waals surface area contributed by atoms with E-state index >= 15 is 0 Å². The molecule has 0 fully saturated rings. The SMILES string of the molecule is Cc1nc(-c2ccccc2)sc1C(=O)O[C@H](C)C(=O)Nc1c(C)nn(C)c1C. The monoisotopic (exact) mass is 398 g/mol. The van der Waals surface area contributed by atoms with Crippen LogP contribution in [-0.4, -0.2) is 32.7 Å². The Bertz CT molecular complexity index is 1020. The van der Waals surface area contributed by atoms with Crippen molar-refractivity contribution in [2.24, 2.45) is 7.05 Å². The molecule has 0 saturated carbocycles. The Kier molecular flexibility index (Phi) is 5.60. The summed E-state index contributed by atoms with van der Waals surface area (Å²) in [7, 11) is 1.80. The summed E-state index contributed by atoms with van der Waals surface area (Å²) in [5.74, 6) is -0.961. The number of esters is 1. The van der Waals surface area contributed by atoms with Crippen LogP contribution in [-0.2, 0) is 16.6 Å². The maximum Gasteiger partial charge on any atom is 0.351 e. The van der Waals surface area contributed by atoms with Gasteiger partial charge in [-0.15, -0.1) is 11.3 Å². The largest absolute Gasteiger partial charge is 0.448 e. The van der Waals surface area contributed by atoms with Crippen LogP contribution in [0.4, 0.5) is 5.69 Å². The fourth-order valence-electron chi connectivity index (χ4n) is 2.74. The third kappa shape index (κ3) is 3.96. The molecule has 0 aliphatic rings. The van der Waals surface area contributed by atoms with Gasteiger partial charge in [0, 0.05) is 12.6 Å². The number of nitrogens with one attached hydrogen (secondary N) is 1. The Labute approximate surface area is 167 Å². The number of carbonyl (C=O) groups is 2. The molecule has 3 rings (SSSR count). The molecule has 28 heavy (non-hydrogen) atoms. The number of aromatic nitrogens is 3. The number of thiazole rings is 1. The summed E-state index contributed by atoms with van der Waals surface area (Å²) in [4.78, 5) is 29.9. The highest BCUT2D eigenvalue weighted by Crippen LogP contribution is 2.28. The predicted octanol–water partition coefficient (Wildman–Crippen LogP) is 3.65. The van der Waals surface area contributed by atoms with Crippen LogP contribution in [0.25, 0.3) is 10.6 Å². The lowest BCUT2D eigenvalue weighted by atomic mass is 10.2. The van der Waals surface area contributed by atoms with E-state index in [1.54, 1.807) is 25.6 Å². The van der Waals surface area contributed by atoms with E-state index in [0.717, 1.165) is 16.3 Å². The van der Waals surface area contributed by atoms with Gasteiger partial charge < -0.3 is 10.1 Å². The van der Waals surface area contributed by atoms with Gasteiger partial charge in [-0.05, 0) is 27.7 Å². The molecule has 2 heterocycles. The molecule has 8 heteroatoms. The van der Waals surface area contributed by atoms with Crippen molar-refractivity contribution in [2.75, 3.05) is 5.32 Å². The Hall–Kier alpha value is -3.00. The van der Waals surface area contributed by atoms with Crippen molar-refractivity contribution in [1.82, 2.24) is 14.8 Å². The van der Waals surface area contributed by atoms with E-state index in [1.807, 2.05) is 44.2 Å². The molecule has 0 bridgehead atoms. The molecule has 0 radical (unpaired) electrons. The molecule has 146 valence electrons. The van der Waals surface area contributed by atoms with Crippen LogP contribution in [0, 0.1) is 20.8 Å². The zero-order valence-electron chi connectivity index (χ0n) is 16.4. The molecule has 1 atom stereocenters. The van der Waals surface area contributed by atoms with Gasteiger partial charge >= 0.3 is 5.97 Å². The quantitative estimate of drug-likeness (QED) is 0.663. The van der Waals surface area contributed by atoms with Gasteiger partial charge in [-0.25, -0.2) is 9.78 Å². The van der Waals surface area contributed by atoms with Crippen LogP contribution < -0.4 is 5.32 Å². The van der Waals surface area contributed by atoms with Crippen molar-refractivity contribution < 1.29 is 14.3 Å². The molecule has 0 spiro atoms. The molecule has 0 unspecified atom stereocenters. The first-order valence-electron chi connectivity index (χ1n) is 8.82. The summed E-state index contributed by atoms with van der Waals surface area (Å²) in [5.41, 5.74) is 3.69. The molecule has 3 aromatic rings. The predicted molar refractivity (Wildman–Crippen MR) is 108 cm³/mol. The smallest absolute Gasteiger partial charge is 0.351 e. The highest BCUT2D eigenvalue weighted by molar-refractivity contribution is 7.17. The number of amides is 1. The topological polar surface area (TPSA) is 86.1 Å². The fourth-order valence-corrected chi connectivity index (χ4v) is 3.69. The van der Waals surface area contributed by atoms with Crippen LogP contribution in [0.3, 0.4) is 0 Å². The van der Waals surface area contributed by atoms with Crippen LogP contribution >= 0.6 is 11.3 Å². The van der Waals surface area contributed by atoms with Gasteiger partial charge in [0.25, 0.3) is 5.91 Å². The molecule has 0 saturated heterocycles. The second-order valence-corrected chi connectivity index (χ2v) is 7.50. The first-order chi connectivity index (χ1) is 13.3. The molecule has 2 aromatic heterocycles. The first kappa shape index (κ1) is 19.8. The van der Waals surface area contributed by atoms with E-state index in [0.29, 0.717) is 22.0 Å². The Morgan fingerprint density at radius 1 is 1.14 bits per heavy atom. The van der Waals surface area contributed by atoms with Gasteiger partial charge in [0.2, 0.25) is 0 Å². The maximum absolute atomic E-state index is 12.6. The Balaban J connectivity index is 1.70. The molecular formula is C20H22N4O3S. The number of rotatable bonds is 5. The summed E-state index contributed by atoms with van der Waals surface area (Å²) >= 11 is 1.26. The van der Waals surface area contributed by atoms with Gasteiger partial charge in [0.15, 0.2) is 6.10 Å². The average molecular weight is 398 g/mol. The van der Waals surface area contributed by atoms with E-state index in [4.69, 9.17) is 4.74 Å². The van der Waals surface area contributed by atoms with Gasteiger partial charge in [-0.3, -0.25) is 9.48 Å². The second-order valence-electron chi connectivity index (χ2n) is 6.51. The minimum atomic E-state index is -0.951. The standard InChI is InChI=1S/C20H22N4O3S/c1-11-16(13(3)24(5)23-11)22-18(25)14(4)27-20(26)17-12(2)21-19(28-17)15-9-7-6-8-10-15/h6-10,14H,1-5H3,(H,22,25)/t14-/m1/s1. The zero-order chi connectivity index (χ0) is 20.4. The normalized spacial score (nSPS) is 11.9. The van der Waals surface area contributed by atoms with Crippen molar-refractivity contribution in [3.8, 4) is 10.6 Å². The Morgan fingerprint density at radius 3 is 2.43 bits per heavy atom. The van der Waals surface area contributed by atoms with Crippen molar-refractivity contribution >= 4 is 28.9 Å². The van der Waals surface area contributed by atoms with E-state index in [1.165, 1.54) is 11.3 Å². The fraction of sp³-hybridized carbons (Fsp3) is 0.300. The lowest BCUT2D eigenvalue weighted by molar-refractivity contribution is -0.123. The molecule has 1 aromatic carbocycles. The van der Waals surface area contributed by atoms with Gasteiger partial charge in [0.1, 0.15) is 9.88 Å². The summed E-state index contributed by atoms with van der Waals surface area (Å²) in [6.45, 7) is 6.97. The number of hydrogen-bond acceptors (Lipinski definition) is 6. The van der Waals surface area contributed by atoms with Gasteiger partial charge in [-0.1, -0.05) is 30.3 Å². The number of nitrogens with zero attached hydrogens (tertiary/aromatic N) is 3. The summed E-state index contributed by atoms with van der Waals surface area (Å²) < 4.78 is 7.07. The third-order valence-electron chi connectivity index (χ3n) is 4.41. The summed E-state index contributed by atoms with van der Waals surface area (Å²) in [5, 5.41) is 7.79. The number of carbonyl (C=O) groups excluding carboxylic acids is 2. The zero-order valence-corrected chi connectivity index (χ0v) is 17.3. The molecule has 0 aliphatic heterocycles. The van der Waals surface area contributed by atoms with E-state index in [-0.39, 0.29) is 0 Å². The van der Waals surface area contributed by atoms with Crippen molar-refractivity contribution in [3.05, 3.63) is 52.3 Å². The molecule has 0 aliphatic carbocycles. The van der Waals surface area contributed by atoms with Crippen LogP contribution in [0.5, 0.6) is 0 Å². The maximum atomic E-state index is 12.6. The third-order valence-corrected chi connectivity index (χ3v) is 5.60. The Morgan fingerprint density at radius 2 is 1.82 bits per heavy atom. The number of aryl methyl sites for hydroxylation is 3. The summed E-state index contributed by atoms with van der Waals surface area (Å²) in [6, 6.07) is 9.62. The first-order valence-corrected chi connectivity index (χ1v) is 9.64. The molecule has 1 amide bonds. The lowest BCUT2D eigenvalue weighted by Crippen LogP contribution is -2.30. The second kappa shape index (κ2) is 7.93. The van der Waals surface area contributed by atoms with Crippen LogP contribution in [0.15, 0.2) is 30.3 Å². The van der Waals surface area contributed by atoms with Crippen LogP contribution in [0.2, 0.25) is 0 Å². The average Bonchev–Trinajstić information content (AvgIpc) is 3.17. The van der Waals surface area contributed by atoms with Gasteiger partial charge in [0.05, 0.1) is 22.8 Å². The lowest BCUT2D eigenvalue weighted by Gasteiger charge is -2.13. The van der Waals surface area contributed by atoms with E-state index < -0.39 is 18.0 Å². The minimum Gasteiger partial charge on any atom is -0.448 e. The van der Waals surface area contributed by atoms with Crippen molar-refractivity contribution in [1.29, 1.82) is 0 Å². The summed E-state index contributed by atoms with van der Waals surface area (Å²) in [6.07, 6.45) is -0.951. The van der Waals surface area contributed by atoms with Crippen molar-refractivity contribution in [2.45, 2.75) is 33.8 Å². The number of hydrogen-bond donors (Lipinski definition) is 1. The van der Waals surface area contributed by atoms with E-state index in [2.05, 4.69) is 15.4 Å². The molecular weight excluding hydrogens is 376 g/mol. The number of anilines is 1. The van der Waals surface area contributed by atoms with Gasteiger partial charge in [-0.2, -0.15) is 5.10 Å². The van der Waals surface area contributed by atoms with E-state index in [9.17, 15) is 9.59 Å². The molecule has 1 N–H and O–H groups in total.